The van der Waals surface area contributed by atoms with Crippen molar-refractivity contribution in [1.29, 1.82) is 0 Å². The molecule has 3 atom stereocenters. The third kappa shape index (κ3) is 3.33. The molecule has 0 spiro atoms. The molecule has 3 heterocycles. The van der Waals surface area contributed by atoms with Gasteiger partial charge in [0.2, 0.25) is 17.7 Å². The van der Waals surface area contributed by atoms with Gasteiger partial charge in [0.15, 0.2) is 0 Å². The van der Waals surface area contributed by atoms with Crippen LogP contribution in [0.5, 0.6) is 0 Å². The van der Waals surface area contributed by atoms with E-state index < -0.39 is 29.7 Å². The van der Waals surface area contributed by atoms with Crippen molar-refractivity contribution in [3.05, 3.63) is 29.3 Å². The number of halogens is 2. The molecule has 3 amide bonds. The molecular formula is C21H25F2N3O3. The number of alkyl halides is 2. The smallest absolute Gasteiger partial charge is 0.267 e. The molecule has 4 rings (SSSR count). The summed E-state index contributed by atoms with van der Waals surface area (Å²) < 4.78 is 28.9. The van der Waals surface area contributed by atoms with Crippen LogP contribution in [0.4, 0.5) is 14.5 Å². The Balaban J connectivity index is 1.74. The molecule has 8 heteroatoms. The molecule has 0 aliphatic carbocycles. The Morgan fingerprint density at radius 1 is 1.17 bits per heavy atom. The van der Waals surface area contributed by atoms with Crippen molar-refractivity contribution < 1.29 is 23.2 Å². The molecule has 2 fully saturated rings. The summed E-state index contributed by atoms with van der Waals surface area (Å²) in [5.74, 6) is -5.35. The van der Waals surface area contributed by atoms with Gasteiger partial charge >= 0.3 is 0 Å². The van der Waals surface area contributed by atoms with Crippen LogP contribution < -0.4 is 15.5 Å². The van der Waals surface area contributed by atoms with Gasteiger partial charge in [-0.25, -0.2) is 8.78 Å². The monoisotopic (exact) mass is 405 g/mol. The molecule has 6 nitrogen and oxygen atoms in total. The predicted octanol–water partition coefficient (Wildman–Crippen LogP) is 2.29. The number of amides is 3. The fraction of sp³-hybridized carbons (Fsp3) is 0.571. The lowest BCUT2D eigenvalue weighted by Gasteiger charge is -2.33. The molecular weight excluding hydrogens is 380 g/mol. The Morgan fingerprint density at radius 3 is 2.59 bits per heavy atom. The Labute approximate surface area is 168 Å². The molecule has 156 valence electrons. The number of rotatable bonds is 3. The summed E-state index contributed by atoms with van der Waals surface area (Å²) >= 11 is 0. The highest BCUT2D eigenvalue weighted by molar-refractivity contribution is 6.12. The van der Waals surface area contributed by atoms with Crippen LogP contribution in [0.1, 0.15) is 56.1 Å². The average molecular weight is 405 g/mol. The summed E-state index contributed by atoms with van der Waals surface area (Å²) in [5.41, 5.74) is 1.81. The lowest BCUT2D eigenvalue weighted by atomic mass is 9.83. The van der Waals surface area contributed by atoms with E-state index in [-0.39, 0.29) is 37.1 Å². The number of imide groups is 1. The number of fused-ring (bicyclic) bond motifs is 1. The predicted molar refractivity (Wildman–Crippen MR) is 103 cm³/mol. The molecule has 3 aliphatic rings. The minimum absolute atomic E-state index is 0.0525. The molecule has 3 unspecified atom stereocenters. The van der Waals surface area contributed by atoms with Crippen molar-refractivity contribution in [1.82, 2.24) is 10.6 Å². The standard InChI is InChI=1S/C21H25F2N3O3/c1-11(2)18-13-9-12(14-7-8-24-10-21(14,22)23)3-4-15(13)26(20(18)29)16-5-6-17(27)25-19(16)28/h3-4,9,11,14,16,18,24H,5-8,10H2,1-2H3,(H,25,27,28). The second-order valence-electron chi connectivity index (χ2n) is 8.49. The van der Waals surface area contributed by atoms with Crippen LogP contribution in [0.2, 0.25) is 0 Å². The van der Waals surface area contributed by atoms with Crippen LogP contribution >= 0.6 is 0 Å². The molecule has 1 aromatic rings. The lowest BCUT2D eigenvalue weighted by molar-refractivity contribution is -0.135. The van der Waals surface area contributed by atoms with Crippen LogP contribution in [0.15, 0.2) is 18.2 Å². The Morgan fingerprint density at radius 2 is 1.93 bits per heavy atom. The van der Waals surface area contributed by atoms with Gasteiger partial charge in [0, 0.05) is 12.1 Å². The summed E-state index contributed by atoms with van der Waals surface area (Å²) in [4.78, 5) is 38.6. The van der Waals surface area contributed by atoms with Crippen LogP contribution in [0, 0.1) is 5.92 Å². The second-order valence-corrected chi connectivity index (χ2v) is 8.49. The summed E-state index contributed by atoms with van der Waals surface area (Å²) in [5, 5.41) is 5.03. The Bertz CT molecular complexity index is 871. The third-order valence-corrected chi connectivity index (χ3v) is 6.22. The second kappa shape index (κ2) is 7.16. The molecule has 3 aliphatic heterocycles. The van der Waals surface area contributed by atoms with E-state index in [4.69, 9.17) is 0 Å². The van der Waals surface area contributed by atoms with Crippen LogP contribution in [0.3, 0.4) is 0 Å². The van der Waals surface area contributed by atoms with Crippen molar-refractivity contribution in [3.63, 3.8) is 0 Å². The van der Waals surface area contributed by atoms with Crippen molar-refractivity contribution in [3.8, 4) is 0 Å². The minimum Gasteiger partial charge on any atom is -0.311 e. The van der Waals surface area contributed by atoms with Crippen molar-refractivity contribution in [2.75, 3.05) is 18.0 Å². The maximum absolute atomic E-state index is 14.5. The zero-order valence-corrected chi connectivity index (χ0v) is 16.5. The molecule has 0 bridgehead atoms. The van der Waals surface area contributed by atoms with E-state index >= 15 is 0 Å². The fourth-order valence-corrected chi connectivity index (χ4v) is 4.80. The Hall–Kier alpha value is -2.35. The van der Waals surface area contributed by atoms with Crippen molar-refractivity contribution >= 4 is 23.4 Å². The number of nitrogens with zero attached hydrogens (tertiary/aromatic N) is 1. The van der Waals surface area contributed by atoms with Gasteiger partial charge in [-0.3, -0.25) is 24.6 Å². The molecule has 0 radical (unpaired) electrons. The number of nitrogens with one attached hydrogen (secondary N) is 2. The summed E-state index contributed by atoms with van der Waals surface area (Å²) in [6, 6.07) is 4.31. The van der Waals surface area contributed by atoms with E-state index in [1.807, 2.05) is 13.8 Å². The summed E-state index contributed by atoms with van der Waals surface area (Å²) in [7, 11) is 0. The SMILES string of the molecule is CC(C)C1C(=O)N(C2CCC(=O)NC2=O)c2ccc(C3CCNCC3(F)F)cc21. The van der Waals surface area contributed by atoms with Gasteiger partial charge in [-0.05, 0) is 42.5 Å². The highest BCUT2D eigenvalue weighted by atomic mass is 19.3. The molecule has 0 saturated carbocycles. The number of benzene rings is 1. The van der Waals surface area contributed by atoms with E-state index in [2.05, 4.69) is 10.6 Å². The highest BCUT2D eigenvalue weighted by Crippen LogP contribution is 2.46. The number of carbonyl (C=O) groups excluding carboxylic acids is 3. The maximum atomic E-state index is 14.5. The number of piperidine rings is 2. The quantitative estimate of drug-likeness (QED) is 0.757. The van der Waals surface area contributed by atoms with Crippen molar-refractivity contribution in [2.24, 2.45) is 5.92 Å². The minimum atomic E-state index is -2.86. The van der Waals surface area contributed by atoms with E-state index in [1.54, 1.807) is 18.2 Å². The van der Waals surface area contributed by atoms with Crippen molar-refractivity contribution in [2.45, 2.75) is 56.9 Å². The third-order valence-electron chi connectivity index (χ3n) is 6.22. The zero-order chi connectivity index (χ0) is 20.9. The van der Waals surface area contributed by atoms with Gasteiger partial charge in [-0.1, -0.05) is 26.0 Å². The fourth-order valence-electron chi connectivity index (χ4n) is 4.80. The van der Waals surface area contributed by atoms with Gasteiger partial charge in [0.25, 0.3) is 5.92 Å². The number of carbonyl (C=O) groups is 3. The van der Waals surface area contributed by atoms with E-state index in [0.717, 1.165) is 0 Å². The zero-order valence-electron chi connectivity index (χ0n) is 16.5. The molecule has 2 N–H and O–H groups in total. The average Bonchev–Trinajstić information content (AvgIpc) is 2.92. The van der Waals surface area contributed by atoms with E-state index in [1.165, 1.54) is 4.90 Å². The summed E-state index contributed by atoms with van der Waals surface area (Å²) in [6.07, 6.45) is 0.749. The number of hydrogen-bond acceptors (Lipinski definition) is 4. The first-order chi connectivity index (χ1) is 13.7. The topological polar surface area (TPSA) is 78.5 Å². The first-order valence-corrected chi connectivity index (χ1v) is 10.1. The van der Waals surface area contributed by atoms with Gasteiger partial charge in [-0.2, -0.15) is 0 Å². The van der Waals surface area contributed by atoms with Gasteiger partial charge in [0.1, 0.15) is 6.04 Å². The largest absolute Gasteiger partial charge is 0.311 e. The van der Waals surface area contributed by atoms with Gasteiger partial charge in [0.05, 0.1) is 18.4 Å². The number of hydrogen-bond donors (Lipinski definition) is 2. The van der Waals surface area contributed by atoms with Gasteiger partial charge < -0.3 is 5.32 Å². The molecule has 0 aromatic heterocycles. The molecule has 2 saturated heterocycles. The van der Waals surface area contributed by atoms with Crippen LogP contribution in [-0.2, 0) is 14.4 Å². The normalized spacial score (nSPS) is 29.2. The first-order valence-electron chi connectivity index (χ1n) is 10.1. The Kier molecular flexibility index (Phi) is 4.93. The summed E-state index contributed by atoms with van der Waals surface area (Å²) in [6.45, 7) is 3.98. The van der Waals surface area contributed by atoms with Crippen LogP contribution in [0.25, 0.3) is 0 Å². The van der Waals surface area contributed by atoms with E-state index in [0.29, 0.717) is 29.8 Å². The highest BCUT2D eigenvalue weighted by Gasteiger charge is 2.47. The number of anilines is 1. The lowest BCUT2D eigenvalue weighted by Crippen LogP contribution is -2.54. The molecule has 1 aromatic carbocycles. The van der Waals surface area contributed by atoms with Crippen LogP contribution in [-0.4, -0.2) is 42.8 Å². The van der Waals surface area contributed by atoms with E-state index in [9.17, 15) is 23.2 Å². The molecule has 29 heavy (non-hydrogen) atoms. The maximum Gasteiger partial charge on any atom is 0.267 e. The van der Waals surface area contributed by atoms with Gasteiger partial charge in [-0.15, -0.1) is 0 Å². The first kappa shape index (κ1) is 19.9.